The lowest BCUT2D eigenvalue weighted by molar-refractivity contribution is 0.439. The molecule has 0 spiro atoms. The van der Waals surface area contributed by atoms with Gasteiger partial charge in [-0.05, 0) is 49.1 Å². The van der Waals surface area contributed by atoms with Crippen LogP contribution in [0.15, 0.2) is 23.1 Å². The Kier molecular flexibility index (Phi) is 5.00. The van der Waals surface area contributed by atoms with Gasteiger partial charge in [-0.3, -0.25) is 0 Å². The van der Waals surface area contributed by atoms with Crippen LogP contribution in [-0.4, -0.2) is 12.3 Å². The van der Waals surface area contributed by atoms with E-state index in [1.54, 1.807) is 17.8 Å². The van der Waals surface area contributed by atoms with E-state index in [1.165, 1.54) is 44.1 Å². The minimum atomic E-state index is -0.0510. The van der Waals surface area contributed by atoms with Crippen molar-refractivity contribution >= 4 is 11.8 Å². The molecule has 2 aliphatic rings. The molecule has 1 aromatic rings. The number of hydrogen-bond donors (Lipinski definition) is 1. The number of benzene rings is 1. The molecular weight excluding hydrogens is 269 g/mol. The molecule has 0 aromatic heterocycles. The van der Waals surface area contributed by atoms with E-state index >= 15 is 0 Å². The van der Waals surface area contributed by atoms with E-state index in [1.807, 2.05) is 6.07 Å². The average Bonchev–Trinajstić information content (AvgIpc) is 2.98. The van der Waals surface area contributed by atoms with Crippen molar-refractivity contribution in [2.24, 2.45) is 5.92 Å². The fraction of sp³-hybridized carbons (Fsp3) is 0.647. The summed E-state index contributed by atoms with van der Waals surface area (Å²) in [6.45, 7) is 1.07. The molecule has 1 aromatic carbocycles. The second-order valence-corrected chi connectivity index (χ2v) is 7.20. The van der Waals surface area contributed by atoms with Gasteiger partial charge in [0, 0.05) is 10.9 Å². The molecule has 1 aliphatic heterocycles. The van der Waals surface area contributed by atoms with Crippen molar-refractivity contribution in [3.8, 4) is 0 Å². The monoisotopic (exact) mass is 293 g/mol. The highest BCUT2D eigenvalue weighted by Gasteiger charge is 2.22. The van der Waals surface area contributed by atoms with Crippen LogP contribution >= 0.6 is 11.8 Å². The van der Waals surface area contributed by atoms with E-state index in [0.717, 1.165) is 29.5 Å². The second-order valence-electron chi connectivity index (χ2n) is 6.09. The Balaban J connectivity index is 1.50. The fourth-order valence-electron chi connectivity index (χ4n) is 3.56. The van der Waals surface area contributed by atoms with Gasteiger partial charge in [0.05, 0.1) is 0 Å². The maximum atomic E-state index is 13.8. The van der Waals surface area contributed by atoms with Crippen molar-refractivity contribution in [3.05, 3.63) is 29.6 Å². The first kappa shape index (κ1) is 14.4. The number of fused-ring (bicyclic) bond motifs is 1. The lowest BCUT2D eigenvalue weighted by atomic mass is 10.0. The molecule has 1 nitrogen and oxygen atoms in total. The van der Waals surface area contributed by atoms with Crippen LogP contribution in [0.2, 0.25) is 0 Å². The maximum Gasteiger partial charge on any atom is 0.137 e. The maximum absolute atomic E-state index is 13.8. The molecule has 0 amide bonds. The van der Waals surface area contributed by atoms with Crippen molar-refractivity contribution in [1.82, 2.24) is 5.32 Å². The van der Waals surface area contributed by atoms with Crippen LogP contribution in [0, 0.1) is 11.7 Å². The third-order valence-corrected chi connectivity index (χ3v) is 5.84. The van der Waals surface area contributed by atoms with Gasteiger partial charge in [-0.2, -0.15) is 0 Å². The number of halogens is 1. The lowest BCUT2D eigenvalue weighted by Crippen LogP contribution is -2.26. The standard InChI is InChI=1S/C17H24FNS/c18-15-9-3-8-14-16(10-12-20-17(14)15)19-11-4-7-13-5-1-2-6-13/h3,8-9,13,16,19H,1-2,4-7,10-12H2. The zero-order valence-electron chi connectivity index (χ0n) is 12.0. The number of nitrogens with one attached hydrogen (secondary N) is 1. The fourth-order valence-corrected chi connectivity index (χ4v) is 4.71. The number of thioether (sulfide) groups is 1. The molecule has 3 rings (SSSR count). The van der Waals surface area contributed by atoms with Crippen LogP contribution in [0.4, 0.5) is 4.39 Å². The van der Waals surface area contributed by atoms with Gasteiger partial charge in [0.25, 0.3) is 0 Å². The Hall–Kier alpha value is -0.540. The molecule has 0 radical (unpaired) electrons. The zero-order chi connectivity index (χ0) is 13.8. The second kappa shape index (κ2) is 6.95. The summed E-state index contributed by atoms with van der Waals surface area (Å²) in [5, 5.41) is 3.65. The predicted molar refractivity (Wildman–Crippen MR) is 83.7 cm³/mol. The van der Waals surface area contributed by atoms with E-state index in [9.17, 15) is 4.39 Å². The third-order valence-electron chi connectivity index (χ3n) is 4.68. The summed E-state index contributed by atoms with van der Waals surface area (Å²) in [7, 11) is 0. The van der Waals surface area contributed by atoms with Gasteiger partial charge in [0.15, 0.2) is 0 Å². The molecular formula is C17H24FNS. The highest BCUT2D eigenvalue weighted by atomic mass is 32.2. The van der Waals surface area contributed by atoms with Crippen molar-refractivity contribution in [2.75, 3.05) is 12.3 Å². The SMILES string of the molecule is Fc1cccc2c1SCCC2NCCCC1CCCC1. The molecule has 1 aliphatic carbocycles. The normalized spacial score (nSPS) is 22.9. The van der Waals surface area contributed by atoms with E-state index in [2.05, 4.69) is 11.4 Å². The largest absolute Gasteiger partial charge is 0.310 e. The van der Waals surface area contributed by atoms with Gasteiger partial charge >= 0.3 is 0 Å². The predicted octanol–water partition coefficient (Wildman–Crippen LogP) is 4.92. The van der Waals surface area contributed by atoms with Crippen LogP contribution in [0.1, 0.15) is 56.6 Å². The van der Waals surface area contributed by atoms with E-state index in [0.29, 0.717) is 6.04 Å². The summed E-state index contributed by atoms with van der Waals surface area (Å²) in [6, 6.07) is 5.85. The van der Waals surface area contributed by atoms with Gasteiger partial charge in [0.2, 0.25) is 0 Å². The molecule has 20 heavy (non-hydrogen) atoms. The molecule has 1 saturated carbocycles. The van der Waals surface area contributed by atoms with Crippen molar-refractivity contribution in [1.29, 1.82) is 0 Å². The highest BCUT2D eigenvalue weighted by molar-refractivity contribution is 7.99. The number of hydrogen-bond acceptors (Lipinski definition) is 2. The van der Waals surface area contributed by atoms with Gasteiger partial charge in [0.1, 0.15) is 5.82 Å². The Labute approximate surface area is 125 Å². The Morgan fingerprint density at radius 3 is 2.90 bits per heavy atom. The van der Waals surface area contributed by atoms with E-state index < -0.39 is 0 Å². The Bertz CT molecular complexity index is 443. The molecule has 1 atom stereocenters. The first-order chi connectivity index (χ1) is 9.84. The molecule has 3 heteroatoms. The van der Waals surface area contributed by atoms with E-state index in [-0.39, 0.29) is 5.82 Å². The van der Waals surface area contributed by atoms with Crippen LogP contribution < -0.4 is 5.32 Å². The van der Waals surface area contributed by atoms with Gasteiger partial charge in [-0.25, -0.2) is 4.39 Å². The van der Waals surface area contributed by atoms with Crippen molar-refractivity contribution in [3.63, 3.8) is 0 Å². The van der Waals surface area contributed by atoms with Crippen LogP contribution in [0.25, 0.3) is 0 Å². The summed E-state index contributed by atoms with van der Waals surface area (Å²) < 4.78 is 13.8. The summed E-state index contributed by atoms with van der Waals surface area (Å²) >= 11 is 1.66. The summed E-state index contributed by atoms with van der Waals surface area (Å²) in [4.78, 5) is 0.868. The smallest absolute Gasteiger partial charge is 0.137 e. The first-order valence-corrected chi connectivity index (χ1v) is 8.98. The average molecular weight is 293 g/mol. The molecule has 0 saturated heterocycles. The molecule has 1 unspecified atom stereocenters. The van der Waals surface area contributed by atoms with Crippen LogP contribution in [0.5, 0.6) is 0 Å². The van der Waals surface area contributed by atoms with Gasteiger partial charge in [-0.15, -0.1) is 11.8 Å². The van der Waals surface area contributed by atoms with Crippen molar-refractivity contribution < 1.29 is 4.39 Å². The molecule has 1 N–H and O–H groups in total. The minimum absolute atomic E-state index is 0.0510. The molecule has 0 bridgehead atoms. The van der Waals surface area contributed by atoms with Crippen molar-refractivity contribution in [2.45, 2.75) is 55.9 Å². The Morgan fingerprint density at radius 2 is 2.05 bits per heavy atom. The summed E-state index contributed by atoms with van der Waals surface area (Å²) in [6.07, 6.45) is 9.49. The van der Waals surface area contributed by atoms with Crippen LogP contribution in [-0.2, 0) is 0 Å². The highest BCUT2D eigenvalue weighted by Crippen LogP contribution is 2.37. The third kappa shape index (κ3) is 3.37. The van der Waals surface area contributed by atoms with Gasteiger partial charge < -0.3 is 5.32 Å². The molecule has 1 heterocycles. The topological polar surface area (TPSA) is 12.0 Å². The molecule has 110 valence electrons. The summed E-state index contributed by atoms with van der Waals surface area (Å²) in [5.74, 6) is 1.95. The summed E-state index contributed by atoms with van der Waals surface area (Å²) in [5.41, 5.74) is 1.17. The van der Waals surface area contributed by atoms with E-state index in [4.69, 9.17) is 0 Å². The van der Waals surface area contributed by atoms with Crippen LogP contribution in [0.3, 0.4) is 0 Å². The minimum Gasteiger partial charge on any atom is -0.310 e. The zero-order valence-corrected chi connectivity index (χ0v) is 12.9. The number of rotatable bonds is 5. The van der Waals surface area contributed by atoms with Gasteiger partial charge in [-0.1, -0.05) is 37.8 Å². The quantitative estimate of drug-likeness (QED) is 0.773. The molecule has 1 fully saturated rings. The lowest BCUT2D eigenvalue weighted by Gasteiger charge is -2.26. The Morgan fingerprint density at radius 1 is 1.20 bits per heavy atom. The first-order valence-electron chi connectivity index (χ1n) is 7.99.